The number of carbonyl (C=O) groups is 2. The van der Waals surface area contributed by atoms with Crippen LogP contribution in [0.4, 0.5) is 10.5 Å². The van der Waals surface area contributed by atoms with Crippen molar-refractivity contribution < 1.29 is 14.3 Å². The van der Waals surface area contributed by atoms with Crippen molar-refractivity contribution in [2.24, 2.45) is 0 Å². The molecule has 1 aromatic rings. The van der Waals surface area contributed by atoms with Gasteiger partial charge in [0.2, 0.25) is 0 Å². The van der Waals surface area contributed by atoms with E-state index in [9.17, 15) is 9.59 Å². The van der Waals surface area contributed by atoms with Crippen LogP contribution in [0.2, 0.25) is 0 Å². The molecule has 0 atom stereocenters. The van der Waals surface area contributed by atoms with Crippen molar-refractivity contribution in [1.82, 2.24) is 0 Å². The molecule has 0 fully saturated rings. The number of cyclic esters (lactones) is 1. The second-order valence-electron chi connectivity index (χ2n) is 3.44. The summed E-state index contributed by atoms with van der Waals surface area (Å²) in [5.74, 6) is -0.164. The summed E-state index contributed by atoms with van der Waals surface area (Å²) in [4.78, 5) is 22.5. The second kappa shape index (κ2) is 4.53. The average Bonchev–Trinajstić information content (AvgIpc) is 2.47. The predicted octanol–water partition coefficient (Wildman–Crippen LogP) is 2.21. The van der Waals surface area contributed by atoms with E-state index in [0.717, 1.165) is 5.56 Å². The molecule has 0 unspecified atom stereocenters. The van der Waals surface area contributed by atoms with E-state index in [-0.39, 0.29) is 11.7 Å². The molecule has 0 saturated heterocycles. The lowest BCUT2D eigenvalue weighted by Crippen LogP contribution is -2.11. The summed E-state index contributed by atoms with van der Waals surface area (Å²) in [5, 5.41) is 2.60. The molecule has 16 heavy (non-hydrogen) atoms. The number of Topliss-reactive ketones (excluding diaryl/α,β-unsaturated/α-hetero) is 1. The Labute approximate surface area is 97.5 Å². The highest BCUT2D eigenvalue weighted by Crippen LogP contribution is 2.21. The van der Waals surface area contributed by atoms with Gasteiger partial charge in [-0.2, -0.15) is 0 Å². The number of ketones is 1. The number of benzene rings is 1. The molecular weight excluding hydrogens is 230 g/mol. The summed E-state index contributed by atoms with van der Waals surface area (Å²) in [5.41, 5.74) is 2.14. The first-order chi connectivity index (χ1) is 7.70. The molecule has 1 amide bonds. The van der Waals surface area contributed by atoms with Gasteiger partial charge in [0.1, 0.15) is 0 Å². The van der Waals surface area contributed by atoms with Crippen molar-refractivity contribution in [2.75, 3.05) is 17.8 Å². The van der Waals surface area contributed by atoms with E-state index in [4.69, 9.17) is 16.3 Å². The Balaban J connectivity index is 2.35. The number of alkyl halides is 1. The molecule has 4 nitrogen and oxygen atoms in total. The standard InChI is InChI=1S/C11H10ClNO3/c12-6-10(14)8-1-2-9-7(5-8)3-4-16-11(15)13-9/h1-2,5H,3-4,6H2,(H,13,15). The number of anilines is 1. The molecule has 0 spiro atoms. The van der Waals surface area contributed by atoms with Gasteiger partial charge in [-0.15, -0.1) is 11.6 Å². The first-order valence-corrected chi connectivity index (χ1v) is 5.40. The summed E-state index contributed by atoms with van der Waals surface area (Å²) in [7, 11) is 0. The average molecular weight is 240 g/mol. The van der Waals surface area contributed by atoms with Gasteiger partial charge in [-0.3, -0.25) is 10.1 Å². The normalized spacial score (nSPS) is 14.4. The van der Waals surface area contributed by atoms with E-state index in [0.29, 0.717) is 24.3 Å². The van der Waals surface area contributed by atoms with Crippen molar-refractivity contribution in [2.45, 2.75) is 6.42 Å². The lowest BCUT2D eigenvalue weighted by molar-refractivity contribution is 0.102. The molecule has 0 aliphatic carbocycles. The Kier molecular flexibility index (Phi) is 3.10. The maximum atomic E-state index is 11.4. The van der Waals surface area contributed by atoms with Crippen LogP contribution in [0.25, 0.3) is 0 Å². The van der Waals surface area contributed by atoms with Crippen LogP contribution in [0, 0.1) is 0 Å². The maximum absolute atomic E-state index is 11.4. The summed E-state index contributed by atoms with van der Waals surface area (Å²) >= 11 is 5.48. The van der Waals surface area contributed by atoms with Crippen LogP contribution in [0.15, 0.2) is 18.2 Å². The third-order valence-corrected chi connectivity index (χ3v) is 2.63. The topological polar surface area (TPSA) is 55.4 Å². The third kappa shape index (κ3) is 2.17. The molecule has 2 rings (SSSR count). The van der Waals surface area contributed by atoms with Gasteiger partial charge in [0, 0.05) is 17.7 Å². The number of carbonyl (C=O) groups excluding carboxylic acids is 2. The van der Waals surface area contributed by atoms with E-state index >= 15 is 0 Å². The van der Waals surface area contributed by atoms with E-state index < -0.39 is 6.09 Å². The number of hydrogen-bond donors (Lipinski definition) is 1. The summed E-state index contributed by atoms with van der Waals surface area (Å²) < 4.78 is 4.85. The Morgan fingerprint density at radius 1 is 1.50 bits per heavy atom. The van der Waals surface area contributed by atoms with Crippen LogP contribution in [0.1, 0.15) is 15.9 Å². The molecule has 0 saturated carbocycles. The van der Waals surface area contributed by atoms with Crippen molar-refractivity contribution in [3.8, 4) is 0 Å². The highest BCUT2D eigenvalue weighted by atomic mass is 35.5. The first kappa shape index (κ1) is 11.0. The lowest BCUT2D eigenvalue weighted by Gasteiger charge is -2.06. The fourth-order valence-electron chi connectivity index (χ4n) is 1.57. The van der Waals surface area contributed by atoms with Crippen LogP contribution in [-0.4, -0.2) is 24.4 Å². The van der Waals surface area contributed by atoms with Crippen LogP contribution in [-0.2, 0) is 11.2 Å². The van der Waals surface area contributed by atoms with Crippen LogP contribution in [0.3, 0.4) is 0 Å². The number of nitrogens with one attached hydrogen (secondary N) is 1. The molecule has 5 heteroatoms. The van der Waals surface area contributed by atoms with Crippen LogP contribution < -0.4 is 5.32 Å². The molecule has 1 N–H and O–H groups in total. The second-order valence-corrected chi connectivity index (χ2v) is 3.71. The van der Waals surface area contributed by atoms with Gasteiger partial charge >= 0.3 is 6.09 Å². The largest absolute Gasteiger partial charge is 0.449 e. The summed E-state index contributed by atoms with van der Waals surface area (Å²) in [6.45, 7) is 0.317. The number of amides is 1. The van der Waals surface area contributed by atoms with Crippen molar-refractivity contribution in [1.29, 1.82) is 0 Å². The molecule has 1 heterocycles. The quantitative estimate of drug-likeness (QED) is 0.636. The van der Waals surface area contributed by atoms with Crippen LogP contribution in [0.5, 0.6) is 0 Å². The minimum absolute atomic E-state index is 0.0400. The highest BCUT2D eigenvalue weighted by molar-refractivity contribution is 6.30. The predicted molar refractivity (Wildman–Crippen MR) is 60.2 cm³/mol. The minimum Gasteiger partial charge on any atom is -0.449 e. The Morgan fingerprint density at radius 3 is 3.06 bits per heavy atom. The molecule has 1 aliphatic heterocycles. The monoisotopic (exact) mass is 239 g/mol. The molecule has 0 radical (unpaired) electrons. The van der Waals surface area contributed by atoms with Gasteiger partial charge in [-0.25, -0.2) is 4.79 Å². The molecule has 1 aliphatic rings. The lowest BCUT2D eigenvalue weighted by atomic mass is 10.0. The maximum Gasteiger partial charge on any atom is 0.411 e. The fourth-order valence-corrected chi connectivity index (χ4v) is 1.73. The zero-order valence-corrected chi connectivity index (χ0v) is 9.21. The number of rotatable bonds is 2. The SMILES string of the molecule is O=C1Nc2ccc(C(=O)CCl)cc2CCO1. The van der Waals surface area contributed by atoms with Crippen molar-refractivity contribution in [3.05, 3.63) is 29.3 Å². The molecular formula is C11H10ClNO3. The number of ether oxygens (including phenoxy) is 1. The minimum atomic E-state index is -0.463. The highest BCUT2D eigenvalue weighted by Gasteiger charge is 2.15. The van der Waals surface area contributed by atoms with E-state index in [1.165, 1.54) is 0 Å². The molecule has 0 aromatic heterocycles. The zero-order valence-electron chi connectivity index (χ0n) is 8.46. The Morgan fingerprint density at radius 2 is 2.31 bits per heavy atom. The van der Waals surface area contributed by atoms with Gasteiger partial charge in [0.15, 0.2) is 5.78 Å². The number of halogens is 1. The molecule has 0 bridgehead atoms. The molecule has 84 valence electrons. The third-order valence-electron chi connectivity index (χ3n) is 2.39. The first-order valence-electron chi connectivity index (χ1n) is 4.86. The van der Waals surface area contributed by atoms with Gasteiger partial charge in [0.25, 0.3) is 0 Å². The number of fused-ring (bicyclic) bond motifs is 1. The van der Waals surface area contributed by atoms with Gasteiger partial charge in [-0.05, 0) is 23.8 Å². The summed E-state index contributed by atoms with van der Waals surface area (Å²) in [6.07, 6.45) is 0.132. The van der Waals surface area contributed by atoms with E-state index in [1.807, 2.05) is 0 Å². The van der Waals surface area contributed by atoms with E-state index in [2.05, 4.69) is 5.32 Å². The zero-order chi connectivity index (χ0) is 11.5. The Hall–Kier alpha value is -1.55. The molecule has 1 aromatic carbocycles. The Bertz CT molecular complexity index is 445. The van der Waals surface area contributed by atoms with E-state index in [1.54, 1.807) is 18.2 Å². The fraction of sp³-hybridized carbons (Fsp3) is 0.273. The van der Waals surface area contributed by atoms with Gasteiger partial charge in [0.05, 0.1) is 12.5 Å². The van der Waals surface area contributed by atoms with Crippen LogP contribution >= 0.6 is 11.6 Å². The van der Waals surface area contributed by atoms with Gasteiger partial charge < -0.3 is 4.74 Å². The smallest absolute Gasteiger partial charge is 0.411 e. The van der Waals surface area contributed by atoms with Crippen molar-refractivity contribution in [3.63, 3.8) is 0 Å². The van der Waals surface area contributed by atoms with Crippen molar-refractivity contribution >= 4 is 29.2 Å². The summed E-state index contributed by atoms with van der Waals surface area (Å²) in [6, 6.07) is 5.09. The number of hydrogen-bond acceptors (Lipinski definition) is 3. The van der Waals surface area contributed by atoms with Gasteiger partial charge in [-0.1, -0.05) is 0 Å².